The molecule has 1 rings (SSSR count). The van der Waals surface area contributed by atoms with Crippen LogP contribution in [0.15, 0.2) is 10.5 Å². The average molecular weight is 297 g/mol. The minimum absolute atomic E-state index is 0.583. The van der Waals surface area contributed by atoms with E-state index in [1.165, 1.54) is 17.7 Å². The van der Waals surface area contributed by atoms with E-state index in [1.54, 1.807) is 11.3 Å². The fourth-order valence-electron chi connectivity index (χ4n) is 1.29. The van der Waals surface area contributed by atoms with Crippen LogP contribution in [-0.2, 0) is 6.54 Å². The highest BCUT2D eigenvalue weighted by molar-refractivity contribution is 9.10. The van der Waals surface area contributed by atoms with E-state index < -0.39 is 0 Å². The van der Waals surface area contributed by atoms with E-state index in [2.05, 4.69) is 41.2 Å². The Labute approximate surface area is 103 Å². The molecule has 0 saturated heterocycles. The lowest BCUT2D eigenvalue weighted by Crippen LogP contribution is -2.24. The van der Waals surface area contributed by atoms with Crippen molar-refractivity contribution in [3.63, 3.8) is 0 Å². The summed E-state index contributed by atoms with van der Waals surface area (Å²) in [4.78, 5) is 1.28. The highest BCUT2D eigenvalue weighted by atomic mass is 79.9. The molecule has 0 saturated carbocycles. The molecule has 0 aromatic carbocycles. The molecule has 0 amide bonds. The second kappa shape index (κ2) is 6.11. The fraction of sp³-hybridized carbons (Fsp3) is 0.600. The van der Waals surface area contributed by atoms with Gasteiger partial charge >= 0.3 is 0 Å². The molecule has 1 atom stereocenters. The van der Waals surface area contributed by atoms with Crippen molar-refractivity contribution < 1.29 is 0 Å². The van der Waals surface area contributed by atoms with Gasteiger partial charge in [0, 0.05) is 21.9 Å². The zero-order chi connectivity index (χ0) is 10.6. The maximum atomic E-state index is 5.95. The van der Waals surface area contributed by atoms with Gasteiger partial charge in [-0.3, -0.25) is 0 Å². The Balaban J connectivity index is 2.38. The lowest BCUT2D eigenvalue weighted by atomic mass is 10.2. The monoisotopic (exact) mass is 295 g/mol. The maximum Gasteiger partial charge on any atom is 0.107 e. The molecule has 0 aliphatic rings. The zero-order valence-corrected chi connectivity index (χ0v) is 11.6. The maximum absolute atomic E-state index is 5.95. The van der Waals surface area contributed by atoms with Crippen LogP contribution < -0.4 is 5.32 Å². The Morgan fingerprint density at radius 1 is 1.64 bits per heavy atom. The van der Waals surface area contributed by atoms with Crippen LogP contribution in [0.1, 0.15) is 31.6 Å². The van der Waals surface area contributed by atoms with Crippen molar-refractivity contribution in [2.75, 3.05) is 0 Å². The minimum Gasteiger partial charge on any atom is -0.309 e. The number of thiophene rings is 1. The third-order valence-electron chi connectivity index (χ3n) is 2.04. The summed E-state index contributed by atoms with van der Waals surface area (Å²) in [5, 5.41) is 3.47. The van der Waals surface area contributed by atoms with E-state index in [0.717, 1.165) is 15.4 Å². The quantitative estimate of drug-likeness (QED) is 0.847. The van der Waals surface area contributed by atoms with Gasteiger partial charge in [0.25, 0.3) is 0 Å². The number of nitrogens with one attached hydrogen (secondary N) is 1. The number of halogens is 2. The molecule has 1 aromatic rings. The lowest BCUT2D eigenvalue weighted by Gasteiger charge is -2.10. The normalized spacial score (nSPS) is 13.1. The summed E-state index contributed by atoms with van der Waals surface area (Å²) in [7, 11) is 0. The van der Waals surface area contributed by atoms with Gasteiger partial charge in [-0.2, -0.15) is 0 Å². The van der Waals surface area contributed by atoms with Crippen LogP contribution in [0.4, 0.5) is 0 Å². The van der Waals surface area contributed by atoms with Crippen molar-refractivity contribution in [3.8, 4) is 0 Å². The SMILES string of the molecule is CCCC(C)NCc1cc(Br)c(Cl)s1. The standard InChI is InChI=1S/C10H15BrClNS/c1-3-4-7(2)13-6-8-5-9(11)10(12)14-8/h5,7,13H,3-4,6H2,1-2H3. The zero-order valence-electron chi connectivity index (χ0n) is 8.44. The van der Waals surface area contributed by atoms with Gasteiger partial charge in [-0.05, 0) is 35.3 Å². The molecule has 1 unspecified atom stereocenters. The molecule has 0 radical (unpaired) electrons. The predicted octanol–water partition coefficient (Wildman–Crippen LogP) is 4.44. The molecule has 1 nitrogen and oxygen atoms in total. The molecule has 1 aromatic heterocycles. The van der Waals surface area contributed by atoms with Crippen molar-refractivity contribution in [1.29, 1.82) is 0 Å². The van der Waals surface area contributed by atoms with Crippen molar-refractivity contribution in [2.45, 2.75) is 39.3 Å². The van der Waals surface area contributed by atoms with Gasteiger partial charge in [0.2, 0.25) is 0 Å². The molecule has 4 heteroatoms. The molecule has 0 bridgehead atoms. The van der Waals surface area contributed by atoms with Gasteiger partial charge in [-0.15, -0.1) is 11.3 Å². The number of hydrogen-bond acceptors (Lipinski definition) is 2. The van der Waals surface area contributed by atoms with Crippen LogP contribution in [-0.4, -0.2) is 6.04 Å². The van der Waals surface area contributed by atoms with Gasteiger partial charge in [-0.1, -0.05) is 24.9 Å². The van der Waals surface area contributed by atoms with E-state index in [-0.39, 0.29) is 0 Å². The molecule has 0 fully saturated rings. The topological polar surface area (TPSA) is 12.0 Å². The van der Waals surface area contributed by atoms with Crippen molar-refractivity contribution >= 4 is 38.9 Å². The van der Waals surface area contributed by atoms with Gasteiger partial charge in [0.1, 0.15) is 4.34 Å². The van der Waals surface area contributed by atoms with E-state index in [9.17, 15) is 0 Å². The Morgan fingerprint density at radius 2 is 2.36 bits per heavy atom. The summed E-state index contributed by atoms with van der Waals surface area (Å²) in [6.07, 6.45) is 2.45. The molecule has 80 valence electrons. The van der Waals surface area contributed by atoms with Crippen LogP contribution >= 0.6 is 38.9 Å². The van der Waals surface area contributed by atoms with Crippen LogP contribution in [0.2, 0.25) is 4.34 Å². The number of hydrogen-bond donors (Lipinski definition) is 1. The van der Waals surface area contributed by atoms with Gasteiger partial charge < -0.3 is 5.32 Å². The van der Waals surface area contributed by atoms with Crippen LogP contribution in [0.5, 0.6) is 0 Å². The first kappa shape index (κ1) is 12.5. The van der Waals surface area contributed by atoms with E-state index >= 15 is 0 Å². The van der Waals surface area contributed by atoms with E-state index in [4.69, 9.17) is 11.6 Å². The van der Waals surface area contributed by atoms with Crippen molar-refractivity contribution in [2.24, 2.45) is 0 Å². The first-order valence-electron chi connectivity index (χ1n) is 4.80. The molecule has 0 aliphatic carbocycles. The minimum atomic E-state index is 0.583. The smallest absolute Gasteiger partial charge is 0.107 e. The van der Waals surface area contributed by atoms with Gasteiger partial charge in [-0.25, -0.2) is 0 Å². The van der Waals surface area contributed by atoms with Crippen LogP contribution in [0, 0.1) is 0 Å². The summed E-state index contributed by atoms with van der Waals surface area (Å²) in [5.41, 5.74) is 0. The highest BCUT2D eigenvalue weighted by Gasteiger charge is 2.05. The van der Waals surface area contributed by atoms with Crippen molar-refractivity contribution in [3.05, 3.63) is 19.8 Å². The highest BCUT2D eigenvalue weighted by Crippen LogP contribution is 2.31. The third-order valence-corrected chi connectivity index (χ3v) is 4.52. The molecule has 14 heavy (non-hydrogen) atoms. The summed E-state index contributed by atoms with van der Waals surface area (Å²) in [6, 6.07) is 2.67. The Bertz CT molecular complexity index is 268. The molecule has 0 spiro atoms. The van der Waals surface area contributed by atoms with Crippen molar-refractivity contribution in [1.82, 2.24) is 5.32 Å². The molecular weight excluding hydrogens is 282 g/mol. The largest absolute Gasteiger partial charge is 0.309 e. The van der Waals surface area contributed by atoms with Gasteiger partial charge in [0.05, 0.1) is 0 Å². The summed E-state index contributed by atoms with van der Waals surface area (Å²) in [5.74, 6) is 0. The van der Waals surface area contributed by atoms with Gasteiger partial charge in [0.15, 0.2) is 0 Å². The number of rotatable bonds is 5. The molecule has 1 heterocycles. The fourth-order valence-corrected chi connectivity index (χ4v) is 3.03. The molecule has 1 N–H and O–H groups in total. The average Bonchev–Trinajstić information content (AvgIpc) is 2.44. The van der Waals surface area contributed by atoms with E-state index in [0.29, 0.717) is 6.04 Å². The van der Waals surface area contributed by atoms with Crippen LogP contribution in [0.25, 0.3) is 0 Å². The summed E-state index contributed by atoms with van der Waals surface area (Å²) < 4.78 is 1.84. The molecular formula is C10H15BrClNS. The second-order valence-electron chi connectivity index (χ2n) is 3.40. The predicted molar refractivity (Wildman–Crippen MR) is 68.2 cm³/mol. The Hall–Kier alpha value is 0.430. The van der Waals surface area contributed by atoms with E-state index in [1.807, 2.05) is 0 Å². The first-order chi connectivity index (χ1) is 6.63. The first-order valence-corrected chi connectivity index (χ1v) is 6.79. The lowest BCUT2D eigenvalue weighted by molar-refractivity contribution is 0.511. The Kier molecular flexibility index (Phi) is 5.45. The summed E-state index contributed by atoms with van der Waals surface area (Å²) >= 11 is 11.0. The van der Waals surface area contributed by atoms with Crippen LogP contribution in [0.3, 0.4) is 0 Å². The Morgan fingerprint density at radius 3 is 2.86 bits per heavy atom. The molecule has 0 aliphatic heterocycles. The second-order valence-corrected chi connectivity index (χ2v) is 6.00. The third kappa shape index (κ3) is 3.89. The summed E-state index contributed by atoms with van der Waals surface area (Å²) in [6.45, 7) is 5.34.